The third kappa shape index (κ3) is 3.69. The number of ether oxygens (including phenoxy) is 2. The van der Waals surface area contributed by atoms with E-state index < -0.39 is 0 Å². The molecule has 0 amide bonds. The largest absolute Gasteiger partial charge is 0.493 e. The van der Waals surface area contributed by atoms with Crippen molar-refractivity contribution in [1.82, 2.24) is 9.88 Å². The number of oxazole rings is 1. The van der Waals surface area contributed by atoms with Crippen LogP contribution in [-0.2, 0) is 6.54 Å². The van der Waals surface area contributed by atoms with Gasteiger partial charge >= 0.3 is 0 Å². The average Bonchev–Trinajstić information content (AvgIpc) is 3.38. The normalized spacial score (nSPS) is 17.2. The van der Waals surface area contributed by atoms with Crippen LogP contribution in [0, 0.1) is 0 Å². The van der Waals surface area contributed by atoms with Crippen LogP contribution in [0.15, 0.2) is 59.2 Å². The van der Waals surface area contributed by atoms with Crippen LogP contribution in [0.3, 0.4) is 0 Å². The lowest BCUT2D eigenvalue weighted by molar-refractivity contribution is 0.244. The first-order chi connectivity index (χ1) is 13.3. The Morgan fingerprint density at radius 3 is 2.67 bits per heavy atom. The lowest BCUT2D eigenvalue weighted by Gasteiger charge is -2.24. The van der Waals surface area contributed by atoms with Crippen molar-refractivity contribution in [2.24, 2.45) is 0 Å². The van der Waals surface area contributed by atoms with E-state index in [0.717, 1.165) is 42.3 Å². The maximum Gasteiger partial charge on any atom is 0.226 e. The summed E-state index contributed by atoms with van der Waals surface area (Å²) in [6, 6.07) is 16.5. The summed E-state index contributed by atoms with van der Waals surface area (Å²) in [5.41, 5.74) is 3.21. The molecule has 27 heavy (non-hydrogen) atoms. The summed E-state index contributed by atoms with van der Waals surface area (Å²) in [4.78, 5) is 7.13. The van der Waals surface area contributed by atoms with Gasteiger partial charge in [-0.15, -0.1) is 0 Å². The van der Waals surface area contributed by atoms with Crippen LogP contribution in [0.1, 0.15) is 30.1 Å². The smallest absolute Gasteiger partial charge is 0.226 e. The molecule has 4 rings (SSSR count). The fraction of sp³-hybridized carbons (Fsp3) is 0.318. The third-order valence-electron chi connectivity index (χ3n) is 5.09. The van der Waals surface area contributed by atoms with Crippen LogP contribution < -0.4 is 9.47 Å². The first-order valence-electron chi connectivity index (χ1n) is 9.24. The van der Waals surface area contributed by atoms with Crippen molar-refractivity contribution in [3.05, 3.63) is 66.1 Å². The fourth-order valence-electron chi connectivity index (χ4n) is 3.75. The first kappa shape index (κ1) is 17.6. The Morgan fingerprint density at radius 2 is 1.89 bits per heavy atom. The number of hydrogen-bond acceptors (Lipinski definition) is 5. The number of methoxy groups -OCH3 is 2. The van der Waals surface area contributed by atoms with Gasteiger partial charge in [-0.05, 0) is 49.2 Å². The Labute approximate surface area is 159 Å². The van der Waals surface area contributed by atoms with Gasteiger partial charge in [0.05, 0.1) is 19.9 Å². The van der Waals surface area contributed by atoms with Gasteiger partial charge in [-0.3, -0.25) is 4.90 Å². The van der Waals surface area contributed by atoms with E-state index in [1.807, 2.05) is 36.4 Å². The minimum Gasteiger partial charge on any atom is -0.493 e. The number of aromatic nitrogens is 1. The van der Waals surface area contributed by atoms with Gasteiger partial charge in [-0.25, -0.2) is 4.98 Å². The van der Waals surface area contributed by atoms with Gasteiger partial charge in [0.2, 0.25) is 5.89 Å². The van der Waals surface area contributed by atoms with E-state index >= 15 is 0 Å². The van der Waals surface area contributed by atoms with E-state index in [1.54, 1.807) is 20.5 Å². The molecule has 5 heteroatoms. The molecule has 1 unspecified atom stereocenters. The van der Waals surface area contributed by atoms with E-state index in [0.29, 0.717) is 11.9 Å². The summed E-state index contributed by atoms with van der Waals surface area (Å²) in [5.74, 6) is 2.21. The second-order valence-electron chi connectivity index (χ2n) is 6.75. The predicted molar refractivity (Wildman–Crippen MR) is 104 cm³/mol. The highest BCUT2D eigenvalue weighted by atomic mass is 16.5. The van der Waals surface area contributed by atoms with Crippen molar-refractivity contribution in [2.75, 3.05) is 20.8 Å². The zero-order valence-corrected chi connectivity index (χ0v) is 15.7. The van der Waals surface area contributed by atoms with Gasteiger partial charge in [0.25, 0.3) is 0 Å². The molecule has 0 spiro atoms. The van der Waals surface area contributed by atoms with Crippen LogP contribution >= 0.6 is 0 Å². The van der Waals surface area contributed by atoms with Crippen molar-refractivity contribution < 1.29 is 13.9 Å². The monoisotopic (exact) mass is 364 g/mol. The maximum absolute atomic E-state index is 5.69. The van der Waals surface area contributed by atoms with Gasteiger partial charge in [0.15, 0.2) is 11.5 Å². The number of likely N-dealkylation sites (tertiary alicyclic amines) is 1. The second-order valence-corrected chi connectivity index (χ2v) is 6.75. The lowest BCUT2D eigenvalue weighted by atomic mass is 10.0. The molecule has 5 nitrogen and oxygen atoms in total. The molecular weight excluding hydrogens is 340 g/mol. The highest BCUT2D eigenvalue weighted by Crippen LogP contribution is 2.37. The van der Waals surface area contributed by atoms with E-state index in [9.17, 15) is 0 Å². The third-order valence-corrected chi connectivity index (χ3v) is 5.09. The van der Waals surface area contributed by atoms with Gasteiger partial charge in [0, 0.05) is 18.2 Å². The topological polar surface area (TPSA) is 47.7 Å². The SMILES string of the molecule is COc1ccc(C2CCCN2Cc2coc(-c3ccccc3)n2)cc1OC. The minimum atomic E-state index is 0.349. The highest BCUT2D eigenvalue weighted by molar-refractivity contribution is 5.52. The van der Waals surface area contributed by atoms with Crippen LogP contribution in [0.4, 0.5) is 0 Å². The Morgan fingerprint density at radius 1 is 1.07 bits per heavy atom. The molecule has 1 fully saturated rings. The van der Waals surface area contributed by atoms with Crippen molar-refractivity contribution in [1.29, 1.82) is 0 Å². The van der Waals surface area contributed by atoms with Crippen LogP contribution in [0.5, 0.6) is 11.5 Å². The quantitative estimate of drug-likeness (QED) is 0.635. The van der Waals surface area contributed by atoms with Crippen molar-refractivity contribution >= 4 is 0 Å². The molecule has 2 aromatic carbocycles. The summed E-state index contributed by atoms with van der Waals surface area (Å²) < 4.78 is 16.5. The molecule has 0 bridgehead atoms. The molecule has 0 aliphatic carbocycles. The van der Waals surface area contributed by atoms with Crippen molar-refractivity contribution in [3.8, 4) is 23.0 Å². The predicted octanol–water partition coefficient (Wildman–Crippen LogP) is 4.70. The highest BCUT2D eigenvalue weighted by Gasteiger charge is 2.27. The molecular formula is C22H24N2O3. The Kier molecular flexibility index (Phi) is 5.12. The fourth-order valence-corrected chi connectivity index (χ4v) is 3.75. The Bertz CT molecular complexity index is 892. The summed E-state index contributed by atoms with van der Waals surface area (Å²) in [7, 11) is 3.34. The number of rotatable bonds is 6. The van der Waals surface area contributed by atoms with E-state index in [4.69, 9.17) is 13.9 Å². The minimum absolute atomic E-state index is 0.349. The van der Waals surface area contributed by atoms with Crippen molar-refractivity contribution in [3.63, 3.8) is 0 Å². The molecule has 1 aliphatic heterocycles. The Balaban J connectivity index is 1.52. The molecule has 2 heterocycles. The zero-order chi connectivity index (χ0) is 18.6. The number of hydrogen-bond donors (Lipinski definition) is 0. The molecule has 0 saturated carbocycles. The average molecular weight is 364 g/mol. The standard InChI is InChI=1S/C22H24N2O3/c1-25-20-11-10-17(13-21(20)26-2)19-9-6-12-24(19)14-18-15-27-22(23-18)16-7-4-3-5-8-16/h3-5,7-8,10-11,13,15,19H,6,9,12,14H2,1-2H3. The van der Waals surface area contributed by atoms with Crippen LogP contribution in [0.2, 0.25) is 0 Å². The van der Waals surface area contributed by atoms with Crippen molar-refractivity contribution in [2.45, 2.75) is 25.4 Å². The van der Waals surface area contributed by atoms with Crippen LogP contribution in [-0.4, -0.2) is 30.6 Å². The second kappa shape index (κ2) is 7.84. The molecule has 1 atom stereocenters. The zero-order valence-electron chi connectivity index (χ0n) is 15.7. The van der Waals surface area contributed by atoms with E-state index in [2.05, 4.69) is 22.0 Å². The maximum atomic E-state index is 5.69. The number of benzene rings is 2. The first-order valence-corrected chi connectivity index (χ1v) is 9.24. The molecule has 1 saturated heterocycles. The summed E-state index contributed by atoms with van der Waals surface area (Å²) in [6.45, 7) is 1.82. The molecule has 0 N–H and O–H groups in total. The number of nitrogens with zero attached hydrogens (tertiary/aromatic N) is 2. The molecule has 3 aromatic rings. The molecule has 1 aromatic heterocycles. The summed E-state index contributed by atoms with van der Waals surface area (Å²) in [6.07, 6.45) is 4.06. The van der Waals surface area contributed by atoms with Gasteiger partial charge < -0.3 is 13.9 Å². The van der Waals surface area contributed by atoms with E-state index in [-0.39, 0.29) is 0 Å². The van der Waals surface area contributed by atoms with Gasteiger partial charge in [-0.2, -0.15) is 0 Å². The summed E-state index contributed by atoms with van der Waals surface area (Å²) >= 11 is 0. The molecule has 0 radical (unpaired) electrons. The van der Waals surface area contributed by atoms with E-state index in [1.165, 1.54) is 12.0 Å². The van der Waals surface area contributed by atoms with Gasteiger partial charge in [0.1, 0.15) is 6.26 Å². The Hall–Kier alpha value is -2.79. The summed E-state index contributed by atoms with van der Waals surface area (Å²) in [5, 5.41) is 0. The molecule has 140 valence electrons. The van der Waals surface area contributed by atoms with Gasteiger partial charge in [-0.1, -0.05) is 24.3 Å². The lowest BCUT2D eigenvalue weighted by Crippen LogP contribution is -2.23. The molecule has 1 aliphatic rings. The van der Waals surface area contributed by atoms with Crippen LogP contribution in [0.25, 0.3) is 11.5 Å².